The SMILES string of the molecule is COC(=O)C(CCSC)NC(=O)c1ccc(-c2ccc(NCc3cncn3Cc3ccc(C#N)cc3)cc2)o1. The van der Waals surface area contributed by atoms with Crippen molar-refractivity contribution in [2.45, 2.75) is 25.6 Å². The number of hydrogen-bond acceptors (Lipinski definition) is 8. The molecule has 0 saturated heterocycles. The lowest BCUT2D eigenvalue weighted by molar-refractivity contribution is -0.142. The quantitative estimate of drug-likeness (QED) is 0.247. The number of ether oxygens (including phenoxy) is 1. The van der Waals surface area contributed by atoms with Crippen molar-refractivity contribution in [1.29, 1.82) is 5.26 Å². The van der Waals surface area contributed by atoms with E-state index in [1.165, 1.54) is 7.11 Å². The Kier molecular flexibility index (Phi) is 9.43. The molecule has 0 radical (unpaired) electrons. The molecule has 0 spiro atoms. The summed E-state index contributed by atoms with van der Waals surface area (Å²) in [6.07, 6.45) is 6.02. The van der Waals surface area contributed by atoms with Gasteiger partial charge in [-0.05, 0) is 72.5 Å². The van der Waals surface area contributed by atoms with Crippen LogP contribution in [0.25, 0.3) is 11.3 Å². The summed E-state index contributed by atoms with van der Waals surface area (Å²) < 4.78 is 12.6. The first-order chi connectivity index (χ1) is 19.0. The largest absolute Gasteiger partial charge is 0.467 e. The van der Waals surface area contributed by atoms with Gasteiger partial charge in [0.05, 0.1) is 37.3 Å². The molecule has 2 aromatic heterocycles. The van der Waals surface area contributed by atoms with E-state index in [4.69, 9.17) is 14.4 Å². The van der Waals surface area contributed by atoms with E-state index in [1.54, 1.807) is 30.2 Å². The summed E-state index contributed by atoms with van der Waals surface area (Å²) in [5, 5.41) is 15.1. The monoisotopic (exact) mass is 543 g/mol. The second-order valence-corrected chi connectivity index (χ2v) is 9.73. The summed E-state index contributed by atoms with van der Waals surface area (Å²) in [4.78, 5) is 28.9. The molecule has 2 aromatic carbocycles. The minimum absolute atomic E-state index is 0.126. The summed E-state index contributed by atoms with van der Waals surface area (Å²) in [6, 6.07) is 19.9. The summed E-state index contributed by atoms with van der Waals surface area (Å²) in [5.74, 6) is 0.438. The lowest BCUT2D eigenvalue weighted by Crippen LogP contribution is -2.41. The minimum Gasteiger partial charge on any atom is -0.467 e. The number of esters is 1. The number of carbonyl (C=O) groups is 2. The van der Waals surface area contributed by atoms with Gasteiger partial charge in [-0.3, -0.25) is 4.79 Å². The first-order valence-electron chi connectivity index (χ1n) is 12.3. The van der Waals surface area contributed by atoms with Gasteiger partial charge in [-0.1, -0.05) is 12.1 Å². The maximum atomic E-state index is 12.7. The van der Waals surface area contributed by atoms with Crippen LogP contribution in [0.4, 0.5) is 5.69 Å². The number of nitrogens with zero attached hydrogens (tertiary/aromatic N) is 3. The number of benzene rings is 2. The summed E-state index contributed by atoms with van der Waals surface area (Å²) in [6.45, 7) is 1.24. The maximum absolute atomic E-state index is 12.7. The van der Waals surface area contributed by atoms with Crippen LogP contribution in [-0.2, 0) is 22.6 Å². The van der Waals surface area contributed by atoms with Crippen molar-refractivity contribution in [3.63, 3.8) is 0 Å². The number of thioether (sulfide) groups is 1. The van der Waals surface area contributed by atoms with Crippen LogP contribution in [0, 0.1) is 11.3 Å². The van der Waals surface area contributed by atoms with Crippen LogP contribution >= 0.6 is 11.8 Å². The van der Waals surface area contributed by atoms with Crippen molar-refractivity contribution < 1.29 is 18.7 Å². The zero-order valence-corrected chi connectivity index (χ0v) is 22.5. The second kappa shape index (κ2) is 13.3. The molecule has 1 atom stereocenters. The third-order valence-corrected chi connectivity index (χ3v) is 6.75. The van der Waals surface area contributed by atoms with Crippen molar-refractivity contribution in [3.05, 3.63) is 95.8 Å². The number of amides is 1. The Bertz CT molecular complexity index is 1440. The lowest BCUT2D eigenvalue weighted by Gasteiger charge is -2.15. The Balaban J connectivity index is 1.34. The minimum atomic E-state index is -0.728. The van der Waals surface area contributed by atoms with E-state index in [-0.39, 0.29) is 5.76 Å². The molecule has 4 rings (SSSR count). The van der Waals surface area contributed by atoms with Crippen LogP contribution in [0.2, 0.25) is 0 Å². The van der Waals surface area contributed by atoms with Crippen LogP contribution in [0.1, 0.15) is 33.8 Å². The van der Waals surface area contributed by atoms with Gasteiger partial charge in [0, 0.05) is 24.0 Å². The first-order valence-corrected chi connectivity index (χ1v) is 13.7. The molecule has 1 amide bonds. The molecule has 4 aromatic rings. The third kappa shape index (κ3) is 7.30. The summed E-state index contributed by atoms with van der Waals surface area (Å²) in [5.41, 5.74) is 4.48. The summed E-state index contributed by atoms with van der Waals surface area (Å²) in [7, 11) is 1.30. The van der Waals surface area contributed by atoms with Gasteiger partial charge in [-0.2, -0.15) is 17.0 Å². The van der Waals surface area contributed by atoms with E-state index in [1.807, 2.05) is 61.0 Å². The van der Waals surface area contributed by atoms with E-state index < -0.39 is 17.9 Å². The Hall–Kier alpha value is -4.49. The Morgan fingerprint density at radius 3 is 2.59 bits per heavy atom. The molecule has 39 heavy (non-hydrogen) atoms. The number of hydrogen-bond donors (Lipinski definition) is 2. The van der Waals surface area contributed by atoms with Gasteiger partial charge < -0.3 is 24.4 Å². The fraction of sp³-hybridized carbons (Fsp3) is 0.241. The normalized spacial score (nSPS) is 11.4. The van der Waals surface area contributed by atoms with Crippen LogP contribution in [-0.4, -0.2) is 46.6 Å². The number of aromatic nitrogens is 2. The van der Waals surface area contributed by atoms with Crippen molar-refractivity contribution in [2.24, 2.45) is 0 Å². The predicted octanol–water partition coefficient (Wildman–Crippen LogP) is 4.70. The number of carbonyl (C=O) groups excluding carboxylic acids is 2. The van der Waals surface area contributed by atoms with E-state index in [0.717, 1.165) is 22.5 Å². The van der Waals surface area contributed by atoms with E-state index >= 15 is 0 Å². The number of rotatable bonds is 12. The fourth-order valence-electron chi connectivity index (χ4n) is 3.94. The molecule has 0 aliphatic rings. The van der Waals surface area contributed by atoms with Gasteiger partial charge in [0.1, 0.15) is 11.8 Å². The molecule has 2 N–H and O–H groups in total. The molecule has 0 fully saturated rings. The van der Waals surface area contributed by atoms with Crippen molar-refractivity contribution in [3.8, 4) is 17.4 Å². The highest BCUT2D eigenvalue weighted by Crippen LogP contribution is 2.24. The topological polar surface area (TPSA) is 122 Å². The first kappa shape index (κ1) is 27.5. The van der Waals surface area contributed by atoms with Gasteiger partial charge >= 0.3 is 5.97 Å². The number of furan rings is 1. The van der Waals surface area contributed by atoms with Crippen LogP contribution in [0.15, 0.2) is 77.6 Å². The van der Waals surface area contributed by atoms with Crippen LogP contribution in [0.5, 0.6) is 0 Å². The highest BCUT2D eigenvalue weighted by Gasteiger charge is 2.23. The van der Waals surface area contributed by atoms with Gasteiger partial charge in [0.2, 0.25) is 0 Å². The van der Waals surface area contributed by atoms with E-state index in [2.05, 4.69) is 26.3 Å². The number of methoxy groups -OCH3 is 1. The molecule has 0 aliphatic carbocycles. The van der Waals surface area contributed by atoms with Gasteiger partial charge in [0.15, 0.2) is 5.76 Å². The van der Waals surface area contributed by atoms with Crippen molar-refractivity contribution in [2.75, 3.05) is 24.4 Å². The molecule has 1 unspecified atom stereocenters. The maximum Gasteiger partial charge on any atom is 0.328 e. The highest BCUT2D eigenvalue weighted by atomic mass is 32.2. The summed E-state index contributed by atoms with van der Waals surface area (Å²) >= 11 is 1.59. The predicted molar refractivity (Wildman–Crippen MR) is 150 cm³/mol. The zero-order valence-electron chi connectivity index (χ0n) is 21.7. The number of imidazole rings is 1. The van der Waals surface area contributed by atoms with E-state index in [9.17, 15) is 9.59 Å². The number of nitrogens with one attached hydrogen (secondary N) is 2. The number of anilines is 1. The molecule has 2 heterocycles. The van der Waals surface area contributed by atoms with Crippen molar-refractivity contribution >= 4 is 29.3 Å². The standard InChI is InChI=1S/C29H29N5O4S/c1-37-29(36)25(13-14-39-2)33-28(35)27-12-11-26(38-27)22-7-9-23(10-8-22)32-17-24-16-31-19-34(24)18-21-5-3-20(15-30)4-6-21/h3-12,16,19,25,32H,13-14,17-18H2,1-2H3,(H,33,35). The molecular weight excluding hydrogens is 514 g/mol. The molecule has 0 aliphatic heterocycles. The molecule has 0 saturated carbocycles. The fourth-order valence-corrected chi connectivity index (χ4v) is 4.41. The number of nitriles is 1. The van der Waals surface area contributed by atoms with Crippen LogP contribution in [0.3, 0.4) is 0 Å². The smallest absolute Gasteiger partial charge is 0.328 e. The average molecular weight is 544 g/mol. The third-order valence-electron chi connectivity index (χ3n) is 6.11. The lowest BCUT2D eigenvalue weighted by atomic mass is 10.1. The molecule has 10 heteroatoms. The Morgan fingerprint density at radius 1 is 1.13 bits per heavy atom. The van der Waals surface area contributed by atoms with Gasteiger partial charge in [0.25, 0.3) is 5.91 Å². The Morgan fingerprint density at radius 2 is 1.90 bits per heavy atom. The van der Waals surface area contributed by atoms with E-state index in [0.29, 0.717) is 36.6 Å². The second-order valence-electron chi connectivity index (χ2n) is 8.75. The van der Waals surface area contributed by atoms with Gasteiger partial charge in [-0.25, -0.2) is 9.78 Å². The molecule has 200 valence electrons. The van der Waals surface area contributed by atoms with Crippen LogP contribution < -0.4 is 10.6 Å². The molecule has 9 nitrogen and oxygen atoms in total. The highest BCUT2D eigenvalue weighted by molar-refractivity contribution is 7.98. The van der Waals surface area contributed by atoms with Gasteiger partial charge in [-0.15, -0.1) is 0 Å². The zero-order chi connectivity index (χ0) is 27.6. The molecule has 0 bridgehead atoms. The molecular formula is C29H29N5O4S. The Labute approximate surface area is 231 Å². The van der Waals surface area contributed by atoms with Crippen molar-refractivity contribution in [1.82, 2.24) is 14.9 Å². The average Bonchev–Trinajstić information content (AvgIpc) is 3.64.